The lowest BCUT2D eigenvalue weighted by molar-refractivity contribution is -0.384. The van der Waals surface area contributed by atoms with E-state index in [0.29, 0.717) is 11.5 Å². The van der Waals surface area contributed by atoms with Gasteiger partial charge in [-0.05, 0) is 45.6 Å². The molecule has 0 saturated heterocycles. The van der Waals surface area contributed by atoms with Crippen LogP contribution in [0.3, 0.4) is 0 Å². The summed E-state index contributed by atoms with van der Waals surface area (Å²) < 4.78 is 0. The Hall–Kier alpha value is -1.91. The number of non-ortho nitro benzene ring substituents is 1. The minimum Gasteiger partial charge on any atom is -0.368 e. The molecule has 0 aliphatic heterocycles. The molecule has 0 spiro atoms. The first-order valence-electron chi connectivity index (χ1n) is 6.96. The van der Waals surface area contributed by atoms with Gasteiger partial charge in [0.25, 0.3) is 5.69 Å². The number of nitrogens with zero attached hydrogens (tertiary/aromatic N) is 2. The number of carbonyl (C=O) groups is 1. The maximum atomic E-state index is 11.8. The van der Waals surface area contributed by atoms with Gasteiger partial charge in [-0.25, -0.2) is 0 Å². The van der Waals surface area contributed by atoms with Gasteiger partial charge in [-0.15, -0.1) is 0 Å². The molecule has 1 aromatic rings. The highest BCUT2D eigenvalue weighted by molar-refractivity contribution is 6.00. The largest absolute Gasteiger partial charge is 0.368 e. The van der Waals surface area contributed by atoms with Crippen molar-refractivity contribution < 1.29 is 9.72 Å². The maximum Gasteiger partial charge on any atom is 0.270 e. The van der Waals surface area contributed by atoms with Crippen molar-refractivity contribution in [3.8, 4) is 0 Å². The number of nitro groups is 1. The quantitative estimate of drug-likeness (QED) is 0.453. The summed E-state index contributed by atoms with van der Waals surface area (Å²) >= 11 is 0. The summed E-state index contributed by atoms with van der Waals surface area (Å²) in [4.78, 5) is 24.4. The second kappa shape index (κ2) is 5.61. The molecule has 5 heteroatoms. The summed E-state index contributed by atoms with van der Waals surface area (Å²) in [5.74, 6) is 0.553. The van der Waals surface area contributed by atoms with Gasteiger partial charge in [-0.2, -0.15) is 0 Å². The molecule has 0 bridgehead atoms. The Morgan fingerprint density at radius 1 is 1.45 bits per heavy atom. The molecule has 1 aliphatic rings. The summed E-state index contributed by atoms with van der Waals surface area (Å²) in [6, 6.07) is 4.83. The molecule has 108 valence electrons. The number of anilines is 1. The van der Waals surface area contributed by atoms with Gasteiger partial charge in [0.05, 0.1) is 4.92 Å². The molecule has 0 radical (unpaired) electrons. The highest BCUT2D eigenvalue weighted by Crippen LogP contribution is 2.34. The van der Waals surface area contributed by atoms with Crippen LogP contribution in [0, 0.1) is 16.0 Å². The van der Waals surface area contributed by atoms with Crippen molar-refractivity contribution in [2.75, 3.05) is 11.4 Å². The molecule has 20 heavy (non-hydrogen) atoms. The van der Waals surface area contributed by atoms with Crippen LogP contribution in [0.4, 0.5) is 11.4 Å². The normalized spacial score (nSPS) is 14.4. The van der Waals surface area contributed by atoms with Crippen LogP contribution in [0.25, 0.3) is 0 Å². The minimum atomic E-state index is -0.461. The molecule has 5 nitrogen and oxygen atoms in total. The van der Waals surface area contributed by atoms with Gasteiger partial charge in [0.15, 0.2) is 5.78 Å². The highest BCUT2D eigenvalue weighted by atomic mass is 16.6. The lowest BCUT2D eigenvalue weighted by atomic mass is 10.1. The second-order valence-electron chi connectivity index (χ2n) is 5.70. The lowest BCUT2D eigenvalue weighted by Crippen LogP contribution is -2.33. The van der Waals surface area contributed by atoms with E-state index in [1.165, 1.54) is 31.9 Å². The lowest BCUT2D eigenvalue weighted by Gasteiger charge is -2.30. The number of nitro benzene ring substituents is 1. The van der Waals surface area contributed by atoms with E-state index < -0.39 is 4.92 Å². The van der Waals surface area contributed by atoms with Gasteiger partial charge in [0.1, 0.15) is 0 Å². The third-order valence-corrected chi connectivity index (χ3v) is 3.65. The van der Waals surface area contributed by atoms with Crippen LogP contribution in [-0.4, -0.2) is 23.3 Å². The first-order chi connectivity index (χ1) is 9.40. The topological polar surface area (TPSA) is 63.4 Å². The van der Waals surface area contributed by atoms with Gasteiger partial charge < -0.3 is 4.90 Å². The average Bonchev–Trinajstić information content (AvgIpc) is 3.18. The third-order valence-electron chi connectivity index (χ3n) is 3.65. The van der Waals surface area contributed by atoms with E-state index in [2.05, 4.69) is 18.7 Å². The van der Waals surface area contributed by atoms with E-state index in [9.17, 15) is 14.9 Å². The number of hydrogen-bond donors (Lipinski definition) is 0. The minimum absolute atomic E-state index is 0.0333. The summed E-state index contributed by atoms with van der Waals surface area (Å²) in [6.45, 7) is 6.52. The molecule has 0 heterocycles. The Balaban J connectivity index is 2.41. The Morgan fingerprint density at radius 2 is 2.10 bits per heavy atom. The maximum absolute atomic E-state index is 11.8. The van der Waals surface area contributed by atoms with Crippen molar-refractivity contribution in [2.45, 2.75) is 39.7 Å². The molecule has 1 saturated carbocycles. The van der Waals surface area contributed by atoms with Crippen LogP contribution in [0.15, 0.2) is 18.2 Å². The number of carbonyl (C=O) groups excluding carboxylic acids is 1. The van der Waals surface area contributed by atoms with E-state index in [4.69, 9.17) is 0 Å². The van der Waals surface area contributed by atoms with Crippen LogP contribution in [0.2, 0.25) is 0 Å². The van der Waals surface area contributed by atoms with Crippen molar-refractivity contribution in [3.05, 3.63) is 33.9 Å². The Bertz CT molecular complexity index is 536. The third kappa shape index (κ3) is 3.15. The fourth-order valence-electron chi connectivity index (χ4n) is 2.34. The zero-order valence-electron chi connectivity index (χ0n) is 12.1. The molecule has 0 unspecified atom stereocenters. The smallest absolute Gasteiger partial charge is 0.270 e. The van der Waals surface area contributed by atoms with Gasteiger partial charge in [0.2, 0.25) is 0 Å². The van der Waals surface area contributed by atoms with Gasteiger partial charge >= 0.3 is 0 Å². The van der Waals surface area contributed by atoms with E-state index in [1.54, 1.807) is 6.07 Å². The molecule has 1 aliphatic carbocycles. The molecule has 0 amide bonds. The van der Waals surface area contributed by atoms with Crippen molar-refractivity contribution in [2.24, 2.45) is 5.92 Å². The molecular weight excluding hydrogens is 256 g/mol. The van der Waals surface area contributed by atoms with Gasteiger partial charge in [-0.3, -0.25) is 14.9 Å². The predicted molar refractivity (Wildman–Crippen MR) is 78.3 cm³/mol. The van der Waals surface area contributed by atoms with Crippen molar-refractivity contribution in [3.63, 3.8) is 0 Å². The summed E-state index contributed by atoms with van der Waals surface area (Å²) in [7, 11) is 0. The van der Waals surface area contributed by atoms with Crippen molar-refractivity contribution in [1.29, 1.82) is 0 Å². The molecule has 0 aromatic heterocycles. The fraction of sp³-hybridized carbons (Fsp3) is 0.533. The van der Waals surface area contributed by atoms with Gasteiger partial charge in [0, 0.05) is 36.0 Å². The number of Topliss-reactive ketones (excluding diaryl/α,β-unsaturated/α-hetero) is 1. The predicted octanol–water partition coefficient (Wildman–Crippen LogP) is 3.42. The summed E-state index contributed by atoms with van der Waals surface area (Å²) in [6.07, 6.45) is 2.46. The number of hydrogen-bond acceptors (Lipinski definition) is 4. The molecule has 2 rings (SSSR count). The zero-order chi connectivity index (χ0) is 14.9. The Kier molecular flexibility index (Phi) is 4.06. The number of rotatable bonds is 6. The molecule has 0 N–H and O–H groups in total. The summed E-state index contributed by atoms with van der Waals surface area (Å²) in [5, 5.41) is 10.9. The van der Waals surface area contributed by atoms with Crippen LogP contribution in [0.5, 0.6) is 0 Å². The molecule has 1 aromatic carbocycles. The van der Waals surface area contributed by atoms with Crippen LogP contribution < -0.4 is 4.90 Å². The zero-order valence-corrected chi connectivity index (χ0v) is 12.1. The van der Waals surface area contributed by atoms with Gasteiger partial charge in [-0.1, -0.05) is 0 Å². The van der Waals surface area contributed by atoms with Crippen LogP contribution >= 0.6 is 0 Å². The highest BCUT2D eigenvalue weighted by Gasteiger charge is 2.28. The fourth-order valence-corrected chi connectivity index (χ4v) is 2.34. The second-order valence-corrected chi connectivity index (χ2v) is 5.70. The van der Waals surface area contributed by atoms with Crippen molar-refractivity contribution in [1.82, 2.24) is 0 Å². The Labute approximate surface area is 118 Å². The summed E-state index contributed by atoms with van der Waals surface area (Å²) in [5.41, 5.74) is 1.22. The molecule has 0 atom stereocenters. The standard InChI is InChI=1S/C15H20N2O3/c1-10(2)16(9-12-4-5-12)15-7-6-13(17(19)20)8-14(15)11(3)18/h6-8,10,12H,4-5,9H2,1-3H3. The first kappa shape index (κ1) is 14.5. The number of ketones is 1. The first-order valence-corrected chi connectivity index (χ1v) is 6.96. The van der Waals surface area contributed by atoms with E-state index in [-0.39, 0.29) is 17.5 Å². The molecular formula is C15H20N2O3. The van der Waals surface area contributed by atoms with Crippen LogP contribution in [-0.2, 0) is 0 Å². The van der Waals surface area contributed by atoms with Crippen molar-refractivity contribution >= 4 is 17.2 Å². The molecule has 1 fully saturated rings. The van der Waals surface area contributed by atoms with E-state index in [0.717, 1.165) is 12.2 Å². The monoisotopic (exact) mass is 276 g/mol. The SMILES string of the molecule is CC(=O)c1cc([N+](=O)[O-])ccc1N(CC1CC1)C(C)C. The van der Waals surface area contributed by atoms with Crippen LogP contribution in [0.1, 0.15) is 44.0 Å². The average molecular weight is 276 g/mol. The number of benzene rings is 1. The Morgan fingerprint density at radius 3 is 2.55 bits per heavy atom. The van der Waals surface area contributed by atoms with E-state index >= 15 is 0 Å². The van der Waals surface area contributed by atoms with E-state index in [1.807, 2.05) is 0 Å².